The Hall–Kier alpha value is -3.54. The number of aryl methyl sites for hydroxylation is 2. The Morgan fingerprint density at radius 1 is 1.10 bits per heavy atom. The number of likely N-dealkylation sites (N-methyl/N-ethyl adjacent to an activating group) is 2. The summed E-state index contributed by atoms with van der Waals surface area (Å²) in [4.78, 5) is 54.8. The highest BCUT2D eigenvalue weighted by molar-refractivity contribution is 6.24. The number of phenolic OH excluding ortho intramolecular Hbond substituents is 1. The summed E-state index contributed by atoms with van der Waals surface area (Å²) in [5.74, 6) is -6.76. The molecule has 3 aliphatic rings. The Morgan fingerprint density at radius 2 is 1.75 bits per heavy atom. The lowest BCUT2D eigenvalue weighted by Crippen LogP contribution is -2.65. The van der Waals surface area contributed by atoms with Crippen molar-refractivity contribution in [3.05, 3.63) is 45.2 Å². The second-order valence-electron chi connectivity index (χ2n) is 11.5. The number of hydrogen-bond acceptors (Lipinski definition) is 10. The molecule has 0 heterocycles. The normalized spacial score (nSPS) is 26.2. The van der Waals surface area contributed by atoms with Gasteiger partial charge in [-0.05, 0) is 76.5 Å². The molecular formula is C29H37N3O8. The van der Waals surface area contributed by atoms with Crippen molar-refractivity contribution >= 4 is 29.0 Å². The Bertz CT molecular complexity index is 1380. The average molecular weight is 556 g/mol. The zero-order valence-electron chi connectivity index (χ0n) is 23.4. The highest BCUT2D eigenvalue weighted by atomic mass is 16.3. The summed E-state index contributed by atoms with van der Waals surface area (Å²) in [5, 5.41) is 45.4. The van der Waals surface area contributed by atoms with Crippen LogP contribution in [0.5, 0.6) is 5.75 Å². The van der Waals surface area contributed by atoms with E-state index < -0.39 is 58.0 Å². The first-order chi connectivity index (χ1) is 18.7. The minimum atomic E-state index is -2.68. The van der Waals surface area contributed by atoms with Crippen molar-refractivity contribution in [2.24, 2.45) is 17.6 Å². The Morgan fingerprint density at radius 3 is 2.30 bits per heavy atom. The number of hydrogen-bond donors (Lipinski definition) is 5. The fraction of sp³-hybridized carbons (Fsp3) is 0.517. The van der Waals surface area contributed by atoms with Gasteiger partial charge in [-0.2, -0.15) is 0 Å². The third-order valence-corrected chi connectivity index (χ3v) is 8.44. The Kier molecular flexibility index (Phi) is 7.70. The van der Waals surface area contributed by atoms with Gasteiger partial charge in [0, 0.05) is 17.9 Å². The van der Waals surface area contributed by atoms with Gasteiger partial charge in [0.1, 0.15) is 28.6 Å². The molecule has 1 fully saturated rings. The zero-order valence-corrected chi connectivity index (χ0v) is 23.4. The van der Waals surface area contributed by atoms with Crippen LogP contribution < -0.4 is 5.73 Å². The van der Waals surface area contributed by atoms with Crippen molar-refractivity contribution in [1.29, 1.82) is 0 Å². The van der Waals surface area contributed by atoms with Gasteiger partial charge in [-0.25, -0.2) is 0 Å². The summed E-state index contributed by atoms with van der Waals surface area (Å²) >= 11 is 0. The maximum absolute atomic E-state index is 14.0. The lowest BCUT2D eigenvalue weighted by molar-refractivity contribution is -0.153. The average Bonchev–Trinajstić information content (AvgIpc) is 2.85. The molecule has 4 atom stereocenters. The van der Waals surface area contributed by atoms with Crippen molar-refractivity contribution in [3.63, 3.8) is 0 Å². The van der Waals surface area contributed by atoms with Gasteiger partial charge in [-0.15, -0.1) is 0 Å². The number of carbonyl (C=O) groups excluding carboxylic acids is 4. The lowest BCUT2D eigenvalue weighted by atomic mass is 9.57. The second-order valence-corrected chi connectivity index (χ2v) is 11.5. The van der Waals surface area contributed by atoms with E-state index in [1.807, 2.05) is 13.0 Å². The number of primary amides is 1. The minimum absolute atomic E-state index is 0.0201. The summed E-state index contributed by atoms with van der Waals surface area (Å²) < 4.78 is 0. The molecule has 6 N–H and O–H groups in total. The van der Waals surface area contributed by atoms with Gasteiger partial charge in [-0.3, -0.25) is 24.1 Å². The number of amides is 1. The first-order valence-corrected chi connectivity index (χ1v) is 13.3. The molecule has 1 unspecified atom stereocenters. The molecule has 1 aromatic rings. The molecule has 0 aliphatic heterocycles. The molecule has 11 heteroatoms. The molecule has 3 aliphatic carbocycles. The number of nitrogens with two attached hydrogens (primary N) is 1. The molecule has 1 amide bonds. The van der Waals surface area contributed by atoms with Crippen molar-refractivity contribution < 1.29 is 39.6 Å². The number of carbonyl (C=O) groups is 4. The minimum Gasteiger partial charge on any atom is -0.508 e. The fourth-order valence-corrected chi connectivity index (χ4v) is 6.66. The van der Waals surface area contributed by atoms with E-state index in [4.69, 9.17) is 5.73 Å². The number of ketones is 3. The summed E-state index contributed by atoms with van der Waals surface area (Å²) in [6.45, 7) is 2.17. The van der Waals surface area contributed by atoms with Crippen LogP contribution in [0.3, 0.4) is 0 Å². The third-order valence-electron chi connectivity index (χ3n) is 8.44. The third kappa shape index (κ3) is 4.42. The van der Waals surface area contributed by atoms with Gasteiger partial charge < -0.3 is 31.1 Å². The highest BCUT2D eigenvalue weighted by Gasteiger charge is 2.64. The molecule has 40 heavy (non-hydrogen) atoms. The highest BCUT2D eigenvalue weighted by Crippen LogP contribution is 2.53. The summed E-state index contributed by atoms with van der Waals surface area (Å²) in [6, 6.07) is 0.690. The van der Waals surface area contributed by atoms with Crippen molar-refractivity contribution in [3.8, 4) is 5.75 Å². The number of fused-ring (bicyclic) bond motifs is 3. The van der Waals surface area contributed by atoms with E-state index in [1.165, 1.54) is 4.90 Å². The number of aromatic hydroxyl groups is 1. The second kappa shape index (κ2) is 10.5. The van der Waals surface area contributed by atoms with Gasteiger partial charge in [-0.1, -0.05) is 13.0 Å². The Labute approximate surface area is 232 Å². The summed E-state index contributed by atoms with van der Waals surface area (Å²) in [6.07, 6.45) is 1.23. The topological polar surface area (TPSA) is 182 Å². The molecule has 1 saturated carbocycles. The molecule has 11 nitrogen and oxygen atoms in total. The molecule has 0 bridgehead atoms. The molecular weight excluding hydrogens is 518 g/mol. The SMILES string of the molecule is CCc1cc(CCC(=O)CN(C)C)c(O)c2c1C[C@H]1C[C@H]3C(N(C)C)C(=O)C(C(N)=O)=C(O)[C@@]3(O)C(=O)C1=C2O. The van der Waals surface area contributed by atoms with E-state index in [0.29, 0.717) is 17.5 Å². The van der Waals surface area contributed by atoms with E-state index >= 15 is 0 Å². The number of aliphatic hydroxyl groups excluding tert-OH is 2. The van der Waals surface area contributed by atoms with Crippen LogP contribution in [0, 0.1) is 11.8 Å². The molecule has 4 rings (SSSR count). The summed E-state index contributed by atoms with van der Waals surface area (Å²) in [7, 11) is 6.69. The fourth-order valence-electron chi connectivity index (χ4n) is 6.66. The van der Waals surface area contributed by atoms with Crippen LogP contribution in [0.4, 0.5) is 0 Å². The number of Topliss-reactive ketones (excluding diaryl/α,β-unsaturated/α-hetero) is 3. The monoisotopic (exact) mass is 555 g/mol. The van der Waals surface area contributed by atoms with E-state index in [0.717, 1.165) is 5.56 Å². The van der Waals surface area contributed by atoms with E-state index in [1.54, 1.807) is 33.1 Å². The number of phenols is 1. The maximum Gasteiger partial charge on any atom is 0.255 e. The van der Waals surface area contributed by atoms with Gasteiger partial charge in [0.2, 0.25) is 5.78 Å². The maximum atomic E-state index is 14.0. The van der Waals surface area contributed by atoms with Crippen molar-refractivity contribution in [2.45, 2.75) is 50.7 Å². The zero-order chi connectivity index (χ0) is 29.8. The van der Waals surface area contributed by atoms with E-state index in [9.17, 15) is 39.6 Å². The quantitative estimate of drug-likeness (QED) is 0.285. The standard InChI is InChI=1S/C29H37N3O8/c1-6-13-9-14(7-8-16(33)12-31(2)3)23(34)20-17(13)10-15-11-18-22(32(4)5)25(36)21(28(30)39)27(38)29(18,40)26(37)19(15)24(20)35/h9,15,18,22,34-35,38,40H,6-8,10-12H2,1-5H3,(H2,30,39)/t15-,18-,22?,29-/m0/s1. The lowest BCUT2D eigenvalue weighted by Gasteiger charge is -2.50. The number of aliphatic hydroxyl groups is 3. The van der Waals surface area contributed by atoms with Gasteiger partial charge >= 0.3 is 0 Å². The molecule has 0 spiro atoms. The van der Waals surface area contributed by atoms with E-state index in [-0.39, 0.29) is 54.9 Å². The van der Waals surface area contributed by atoms with Gasteiger partial charge in [0.15, 0.2) is 11.4 Å². The number of nitrogens with zero attached hydrogens (tertiary/aromatic N) is 2. The first-order valence-electron chi connectivity index (χ1n) is 13.3. The summed E-state index contributed by atoms with van der Waals surface area (Å²) in [5.41, 5.74) is 3.65. The molecule has 1 aromatic carbocycles. The van der Waals surface area contributed by atoms with Crippen LogP contribution in [-0.2, 0) is 38.4 Å². The number of benzene rings is 1. The van der Waals surface area contributed by atoms with Crippen LogP contribution in [0.2, 0.25) is 0 Å². The van der Waals surface area contributed by atoms with Crippen LogP contribution >= 0.6 is 0 Å². The number of rotatable bonds is 8. The molecule has 0 saturated heterocycles. The molecule has 216 valence electrons. The first kappa shape index (κ1) is 29.4. The van der Waals surface area contributed by atoms with Crippen molar-refractivity contribution in [1.82, 2.24) is 9.80 Å². The van der Waals surface area contributed by atoms with Crippen molar-refractivity contribution in [2.75, 3.05) is 34.7 Å². The van der Waals surface area contributed by atoms with Gasteiger partial charge in [0.25, 0.3) is 5.91 Å². The van der Waals surface area contributed by atoms with Crippen LogP contribution in [-0.4, -0.2) is 99.9 Å². The van der Waals surface area contributed by atoms with Crippen LogP contribution in [0.25, 0.3) is 5.76 Å². The Balaban J connectivity index is 1.87. The largest absolute Gasteiger partial charge is 0.508 e. The predicted molar refractivity (Wildman–Crippen MR) is 146 cm³/mol. The van der Waals surface area contributed by atoms with Crippen LogP contribution in [0.15, 0.2) is 23.0 Å². The smallest absolute Gasteiger partial charge is 0.255 e. The van der Waals surface area contributed by atoms with Gasteiger partial charge in [0.05, 0.1) is 18.2 Å². The van der Waals surface area contributed by atoms with Crippen LogP contribution in [0.1, 0.15) is 42.0 Å². The predicted octanol–water partition coefficient (Wildman–Crippen LogP) is 0.590. The molecule has 0 radical (unpaired) electrons. The molecule has 0 aromatic heterocycles. The van der Waals surface area contributed by atoms with E-state index in [2.05, 4.69) is 0 Å².